The summed E-state index contributed by atoms with van der Waals surface area (Å²) in [6.45, 7) is 8.86. The van der Waals surface area contributed by atoms with Gasteiger partial charge in [0.15, 0.2) is 0 Å². The number of benzene rings is 1. The molecule has 116 valence electrons. The summed E-state index contributed by atoms with van der Waals surface area (Å²) in [5.41, 5.74) is 1.33. The van der Waals surface area contributed by atoms with E-state index in [0.29, 0.717) is 19.7 Å². The summed E-state index contributed by atoms with van der Waals surface area (Å²) >= 11 is 0. The van der Waals surface area contributed by atoms with Gasteiger partial charge in [-0.1, -0.05) is 6.07 Å². The van der Waals surface area contributed by atoms with Gasteiger partial charge in [-0.2, -0.15) is 0 Å². The average Bonchev–Trinajstić information content (AvgIpc) is 2.36. The van der Waals surface area contributed by atoms with E-state index in [9.17, 15) is 9.90 Å². The lowest BCUT2D eigenvalue weighted by Gasteiger charge is -2.34. The maximum Gasteiger partial charge on any atom is 0.410 e. The summed E-state index contributed by atoms with van der Waals surface area (Å²) in [4.78, 5) is 13.8. The number of phenolic OH excluding ortho intramolecular Hbond substituents is 1. The molecule has 2 rings (SSSR count). The molecule has 5 nitrogen and oxygen atoms in total. The van der Waals surface area contributed by atoms with Gasteiger partial charge in [0.25, 0.3) is 0 Å². The third-order valence-electron chi connectivity index (χ3n) is 3.17. The van der Waals surface area contributed by atoms with Crippen molar-refractivity contribution in [3.05, 3.63) is 29.3 Å². The van der Waals surface area contributed by atoms with E-state index in [0.717, 1.165) is 11.1 Å². The molecule has 0 radical (unpaired) electrons. The number of nitrogens with zero attached hydrogens (tertiary/aromatic N) is 1. The second-order valence-corrected chi connectivity index (χ2v) is 6.39. The first-order chi connectivity index (χ1) is 9.74. The highest BCUT2D eigenvalue weighted by atomic mass is 16.6. The number of ether oxygens (including phenoxy) is 2. The molecule has 0 unspecified atom stereocenters. The Morgan fingerprint density at radius 3 is 2.71 bits per heavy atom. The van der Waals surface area contributed by atoms with Gasteiger partial charge in [0.1, 0.15) is 17.5 Å². The molecule has 0 saturated carbocycles. The first-order valence-electron chi connectivity index (χ1n) is 7.15. The SMILES string of the molecule is Cc1cc(O)cc([C@@H]2CN(C(=O)OC(C)(C)C)CCO2)c1. The Labute approximate surface area is 125 Å². The van der Waals surface area contributed by atoms with Gasteiger partial charge in [-0.15, -0.1) is 0 Å². The standard InChI is InChI=1S/C16H23NO4/c1-11-7-12(9-13(18)8-11)14-10-17(5-6-20-14)15(19)21-16(2,3)4/h7-9,14,18H,5-6,10H2,1-4H3/t14-/m0/s1. The van der Waals surface area contributed by atoms with Gasteiger partial charge in [-0.3, -0.25) is 0 Å². The van der Waals surface area contributed by atoms with Gasteiger partial charge >= 0.3 is 6.09 Å². The number of phenols is 1. The van der Waals surface area contributed by atoms with E-state index in [2.05, 4.69) is 0 Å². The van der Waals surface area contributed by atoms with Crippen molar-refractivity contribution in [2.75, 3.05) is 19.7 Å². The Morgan fingerprint density at radius 1 is 1.38 bits per heavy atom. The van der Waals surface area contributed by atoms with Gasteiger partial charge in [0, 0.05) is 6.54 Å². The number of aromatic hydroxyl groups is 1. The summed E-state index contributed by atoms with van der Waals surface area (Å²) in [5, 5.41) is 9.69. The lowest BCUT2D eigenvalue weighted by Crippen LogP contribution is -2.44. The summed E-state index contributed by atoms with van der Waals surface area (Å²) in [7, 11) is 0. The molecule has 21 heavy (non-hydrogen) atoms. The zero-order valence-corrected chi connectivity index (χ0v) is 13.0. The molecule has 0 aromatic heterocycles. The molecule has 1 atom stereocenters. The lowest BCUT2D eigenvalue weighted by molar-refractivity contribution is -0.0433. The van der Waals surface area contributed by atoms with Gasteiger partial charge in [0.2, 0.25) is 0 Å². The summed E-state index contributed by atoms with van der Waals surface area (Å²) in [5.74, 6) is 0.211. The van der Waals surface area contributed by atoms with Crippen molar-refractivity contribution in [1.29, 1.82) is 0 Å². The van der Waals surface area contributed by atoms with Crippen LogP contribution in [0.5, 0.6) is 5.75 Å². The third-order valence-corrected chi connectivity index (χ3v) is 3.17. The van der Waals surface area contributed by atoms with Crippen LogP contribution in [0, 0.1) is 6.92 Å². The van der Waals surface area contributed by atoms with Crippen molar-refractivity contribution in [2.45, 2.75) is 39.4 Å². The first kappa shape index (κ1) is 15.6. The van der Waals surface area contributed by atoms with E-state index in [1.54, 1.807) is 17.0 Å². The molecule has 1 fully saturated rings. The quantitative estimate of drug-likeness (QED) is 0.864. The number of hydrogen-bond acceptors (Lipinski definition) is 4. The molecule has 1 heterocycles. The second-order valence-electron chi connectivity index (χ2n) is 6.39. The fraction of sp³-hybridized carbons (Fsp3) is 0.562. The van der Waals surface area contributed by atoms with E-state index in [1.807, 2.05) is 33.8 Å². The number of aryl methyl sites for hydroxylation is 1. The van der Waals surface area contributed by atoms with Crippen molar-refractivity contribution < 1.29 is 19.4 Å². The topological polar surface area (TPSA) is 59.0 Å². The van der Waals surface area contributed by atoms with Gasteiger partial charge < -0.3 is 19.5 Å². The number of morpholine rings is 1. The summed E-state index contributed by atoms with van der Waals surface area (Å²) in [6.07, 6.45) is -0.565. The molecule has 1 aliphatic rings. The zero-order valence-electron chi connectivity index (χ0n) is 13.0. The molecule has 1 amide bonds. The fourth-order valence-electron chi connectivity index (χ4n) is 2.32. The summed E-state index contributed by atoms with van der Waals surface area (Å²) in [6, 6.07) is 5.33. The van der Waals surface area contributed by atoms with Crippen LogP contribution in [0.15, 0.2) is 18.2 Å². The minimum Gasteiger partial charge on any atom is -0.508 e. The van der Waals surface area contributed by atoms with Crippen LogP contribution < -0.4 is 0 Å². The Bertz CT molecular complexity index is 501. The molecule has 1 aromatic carbocycles. The molecule has 1 saturated heterocycles. The molecular formula is C16H23NO4. The number of carbonyl (C=O) groups excluding carboxylic acids is 1. The molecule has 0 spiro atoms. The maximum atomic E-state index is 12.1. The maximum absolute atomic E-state index is 12.1. The van der Waals surface area contributed by atoms with E-state index in [4.69, 9.17) is 9.47 Å². The molecule has 0 aliphatic carbocycles. The van der Waals surface area contributed by atoms with E-state index < -0.39 is 5.60 Å². The molecule has 5 heteroatoms. The van der Waals surface area contributed by atoms with Crippen LogP contribution in [-0.2, 0) is 9.47 Å². The Morgan fingerprint density at radius 2 is 2.10 bits per heavy atom. The van der Waals surface area contributed by atoms with E-state index in [1.165, 1.54) is 0 Å². The number of rotatable bonds is 1. The van der Waals surface area contributed by atoms with Crippen LogP contribution in [-0.4, -0.2) is 41.4 Å². The van der Waals surface area contributed by atoms with E-state index >= 15 is 0 Å². The second kappa shape index (κ2) is 5.93. The van der Waals surface area contributed by atoms with Crippen molar-refractivity contribution in [2.24, 2.45) is 0 Å². The number of hydrogen-bond donors (Lipinski definition) is 1. The Balaban J connectivity index is 2.08. The van der Waals surface area contributed by atoms with Gasteiger partial charge in [0.05, 0.1) is 13.2 Å². The highest BCUT2D eigenvalue weighted by molar-refractivity contribution is 5.68. The normalized spacial score (nSPS) is 19.4. The molecule has 1 N–H and O–H groups in total. The zero-order chi connectivity index (χ0) is 15.6. The molecule has 1 aliphatic heterocycles. The highest BCUT2D eigenvalue weighted by Crippen LogP contribution is 2.27. The van der Waals surface area contributed by atoms with Crippen molar-refractivity contribution >= 4 is 6.09 Å². The van der Waals surface area contributed by atoms with Crippen LogP contribution in [0.25, 0.3) is 0 Å². The van der Waals surface area contributed by atoms with Crippen molar-refractivity contribution in [3.8, 4) is 5.75 Å². The van der Waals surface area contributed by atoms with Crippen LogP contribution in [0.2, 0.25) is 0 Å². The molecule has 1 aromatic rings. The van der Waals surface area contributed by atoms with Gasteiger partial charge in [-0.25, -0.2) is 4.79 Å². The largest absolute Gasteiger partial charge is 0.508 e. The fourth-order valence-corrected chi connectivity index (χ4v) is 2.32. The molecular weight excluding hydrogens is 270 g/mol. The monoisotopic (exact) mass is 293 g/mol. The minimum atomic E-state index is -0.507. The first-order valence-corrected chi connectivity index (χ1v) is 7.15. The van der Waals surface area contributed by atoms with E-state index in [-0.39, 0.29) is 17.9 Å². The van der Waals surface area contributed by atoms with Crippen LogP contribution in [0.1, 0.15) is 38.0 Å². The average molecular weight is 293 g/mol. The third kappa shape index (κ3) is 4.36. The number of amides is 1. The van der Waals surface area contributed by atoms with Crippen LogP contribution >= 0.6 is 0 Å². The number of carbonyl (C=O) groups is 1. The smallest absolute Gasteiger partial charge is 0.410 e. The van der Waals surface area contributed by atoms with Crippen LogP contribution in [0.4, 0.5) is 4.79 Å². The molecule has 0 bridgehead atoms. The Hall–Kier alpha value is -1.75. The predicted molar refractivity (Wildman–Crippen MR) is 79.3 cm³/mol. The Kier molecular flexibility index (Phi) is 4.42. The van der Waals surface area contributed by atoms with Crippen molar-refractivity contribution in [3.63, 3.8) is 0 Å². The van der Waals surface area contributed by atoms with Crippen molar-refractivity contribution in [1.82, 2.24) is 4.90 Å². The predicted octanol–water partition coefficient (Wildman–Crippen LogP) is 3.01. The lowest BCUT2D eigenvalue weighted by atomic mass is 10.0. The highest BCUT2D eigenvalue weighted by Gasteiger charge is 2.29. The van der Waals surface area contributed by atoms with Gasteiger partial charge in [-0.05, 0) is 51.0 Å². The van der Waals surface area contributed by atoms with Crippen LogP contribution in [0.3, 0.4) is 0 Å². The minimum absolute atomic E-state index is 0.211. The summed E-state index contributed by atoms with van der Waals surface area (Å²) < 4.78 is 11.1.